The minimum Gasteiger partial charge on any atom is -0.357 e. The molecule has 0 saturated carbocycles. The van der Waals surface area contributed by atoms with Gasteiger partial charge in [-0.3, -0.25) is 0 Å². The van der Waals surface area contributed by atoms with Crippen molar-refractivity contribution < 1.29 is 8.42 Å². The molecule has 0 aliphatic carbocycles. The third-order valence-electron chi connectivity index (χ3n) is 4.12. The van der Waals surface area contributed by atoms with Crippen LogP contribution in [-0.4, -0.2) is 51.3 Å². The van der Waals surface area contributed by atoms with Crippen LogP contribution in [0.25, 0.3) is 0 Å². The number of guanidine groups is 1. The number of benzene rings is 1. The zero-order valence-corrected chi connectivity index (χ0v) is 18.2. The number of rotatable bonds is 7. The van der Waals surface area contributed by atoms with E-state index in [-0.39, 0.29) is 0 Å². The average Bonchev–Trinajstić information content (AvgIpc) is 3.10. The van der Waals surface area contributed by atoms with Gasteiger partial charge in [0.15, 0.2) is 5.96 Å². The molecule has 1 N–H and O–H groups in total. The molecule has 8 heteroatoms. The van der Waals surface area contributed by atoms with E-state index in [9.17, 15) is 8.42 Å². The maximum atomic E-state index is 12.2. The number of nitrogens with zero attached hydrogens (tertiary/aromatic N) is 3. The molecule has 1 heterocycles. The predicted molar refractivity (Wildman–Crippen MR) is 113 cm³/mol. The van der Waals surface area contributed by atoms with Crippen molar-refractivity contribution in [3.05, 3.63) is 52.4 Å². The fourth-order valence-electron chi connectivity index (χ4n) is 2.50. The number of aryl methyl sites for hydroxylation is 1. The molecule has 0 spiro atoms. The van der Waals surface area contributed by atoms with E-state index in [2.05, 4.69) is 34.3 Å². The smallest absolute Gasteiger partial charge is 0.252 e. The average molecular weight is 409 g/mol. The Kier molecular flexibility index (Phi) is 7.41. The third-order valence-corrected chi connectivity index (χ3v) is 7.47. The fraction of sp³-hybridized carbons (Fsp3) is 0.421. The summed E-state index contributed by atoms with van der Waals surface area (Å²) in [7, 11) is 1.69. The van der Waals surface area contributed by atoms with Crippen LogP contribution in [0.15, 0.2) is 45.6 Å². The maximum Gasteiger partial charge on any atom is 0.252 e. The Hall–Kier alpha value is -1.90. The van der Waals surface area contributed by atoms with E-state index < -0.39 is 10.0 Å². The summed E-state index contributed by atoms with van der Waals surface area (Å²) in [5.41, 5.74) is 2.50. The van der Waals surface area contributed by atoms with Crippen molar-refractivity contribution >= 4 is 27.3 Å². The molecule has 0 bridgehead atoms. The standard InChI is InChI=1S/C19H28N4O2S2/c1-6-20-19(23(5)14-16-10-8-7-9-15(16)2)21-13-17-11-12-18(26-17)27(24,25)22(3)4/h7-12H,6,13-14H2,1-5H3,(H,20,21). The number of sulfonamides is 1. The first-order valence-electron chi connectivity index (χ1n) is 8.81. The van der Waals surface area contributed by atoms with Crippen molar-refractivity contribution in [2.75, 3.05) is 27.7 Å². The van der Waals surface area contributed by atoms with Crippen LogP contribution >= 0.6 is 11.3 Å². The van der Waals surface area contributed by atoms with Crippen LogP contribution in [0.5, 0.6) is 0 Å². The molecule has 1 aromatic carbocycles. The van der Waals surface area contributed by atoms with Crippen molar-refractivity contribution in [2.24, 2.45) is 4.99 Å². The van der Waals surface area contributed by atoms with Gasteiger partial charge in [0.05, 0.1) is 6.54 Å². The van der Waals surface area contributed by atoms with Crippen molar-refractivity contribution in [2.45, 2.75) is 31.1 Å². The summed E-state index contributed by atoms with van der Waals surface area (Å²) in [6, 6.07) is 11.8. The monoisotopic (exact) mass is 408 g/mol. The zero-order chi connectivity index (χ0) is 20.0. The second-order valence-corrected chi connectivity index (χ2v) is 10.0. The molecule has 0 aliphatic rings. The minimum atomic E-state index is -3.39. The highest BCUT2D eigenvalue weighted by Crippen LogP contribution is 2.24. The lowest BCUT2D eigenvalue weighted by Crippen LogP contribution is -2.38. The molecule has 148 valence electrons. The largest absolute Gasteiger partial charge is 0.357 e. The van der Waals surface area contributed by atoms with Crippen LogP contribution in [0.4, 0.5) is 0 Å². The Morgan fingerprint density at radius 3 is 2.48 bits per heavy atom. The summed E-state index contributed by atoms with van der Waals surface area (Å²) in [5, 5.41) is 3.30. The zero-order valence-electron chi connectivity index (χ0n) is 16.6. The highest BCUT2D eigenvalue weighted by molar-refractivity contribution is 7.91. The molecule has 2 rings (SSSR count). The summed E-state index contributed by atoms with van der Waals surface area (Å²) in [4.78, 5) is 7.68. The van der Waals surface area contributed by atoms with Gasteiger partial charge in [0.2, 0.25) is 0 Å². The van der Waals surface area contributed by atoms with Gasteiger partial charge in [-0.15, -0.1) is 11.3 Å². The van der Waals surface area contributed by atoms with Gasteiger partial charge in [0.25, 0.3) is 10.0 Å². The number of thiophene rings is 1. The molecular formula is C19H28N4O2S2. The molecule has 6 nitrogen and oxygen atoms in total. The second-order valence-electron chi connectivity index (χ2n) is 6.46. The highest BCUT2D eigenvalue weighted by atomic mass is 32.2. The van der Waals surface area contributed by atoms with Crippen molar-refractivity contribution in [3.63, 3.8) is 0 Å². The van der Waals surface area contributed by atoms with E-state index in [0.717, 1.165) is 23.9 Å². The molecular weight excluding hydrogens is 380 g/mol. The third kappa shape index (κ3) is 5.54. The van der Waals surface area contributed by atoms with Gasteiger partial charge in [0.1, 0.15) is 4.21 Å². The number of hydrogen-bond donors (Lipinski definition) is 1. The van der Waals surface area contributed by atoms with Gasteiger partial charge in [0, 0.05) is 39.1 Å². The summed E-state index contributed by atoms with van der Waals surface area (Å²) in [5.74, 6) is 0.797. The van der Waals surface area contributed by atoms with Gasteiger partial charge in [-0.2, -0.15) is 0 Å². The lowest BCUT2D eigenvalue weighted by molar-refractivity contribution is 0.475. The Morgan fingerprint density at radius 1 is 1.15 bits per heavy atom. The van der Waals surface area contributed by atoms with Crippen LogP contribution in [0.3, 0.4) is 0 Å². The molecule has 0 aliphatic heterocycles. The van der Waals surface area contributed by atoms with Gasteiger partial charge in [-0.1, -0.05) is 24.3 Å². The van der Waals surface area contributed by atoms with Gasteiger partial charge < -0.3 is 10.2 Å². The Bertz CT molecular complexity index is 889. The molecule has 0 atom stereocenters. The number of hydrogen-bond acceptors (Lipinski definition) is 4. The number of nitrogens with one attached hydrogen (secondary N) is 1. The van der Waals surface area contributed by atoms with Crippen molar-refractivity contribution in [1.29, 1.82) is 0 Å². The van der Waals surface area contributed by atoms with E-state index in [0.29, 0.717) is 10.8 Å². The fourth-order valence-corrected chi connectivity index (χ4v) is 4.95. The summed E-state index contributed by atoms with van der Waals surface area (Å²) >= 11 is 1.26. The number of aliphatic imine (C=N–C) groups is 1. The topological polar surface area (TPSA) is 65.0 Å². The van der Waals surface area contributed by atoms with Crippen molar-refractivity contribution in [3.8, 4) is 0 Å². The van der Waals surface area contributed by atoms with E-state index in [1.165, 1.54) is 40.9 Å². The summed E-state index contributed by atoms with van der Waals surface area (Å²) < 4.78 is 26.0. The minimum absolute atomic E-state index is 0.343. The van der Waals surface area contributed by atoms with Gasteiger partial charge >= 0.3 is 0 Å². The summed E-state index contributed by atoms with van der Waals surface area (Å²) in [6.45, 7) is 6.09. The molecule has 0 amide bonds. The second kappa shape index (κ2) is 9.34. The van der Waals surface area contributed by atoms with E-state index in [4.69, 9.17) is 0 Å². The van der Waals surface area contributed by atoms with E-state index >= 15 is 0 Å². The van der Waals surface area contributed by atoms with E-state index in [1.807, 2.05) is 32.2 Å². The normalized spacial score (nSPS) is 12.4. The SMILES string of the molecule is CCNC(=NCc1ccc(S(=O)(=O)N(C)C)s1)N(C)Cc1ccccc1C. The first-order chi connectivity index (χ1) is 12.8. The summed E-state index contributed by atoms with van der Waals surface area (Å²) in [6.07, 6.45) is 0. The Balaban J connectivity index is 2.14. The van der Waals surface area contributed by atoms with Crippen LogP contribution < -0.4 is 5.32 Å². The molecule has 1 aromatic heterocycles. The highest BCUT2D eigenvalue weighted by Gasteiger charge is 2.19. The van der Waals surface area contributed by atoms with Gasteiger partial charge in [-0.25, -0.2) is 17.7 Å². The van der Waals surface area contributed by atoms with Crippen LogP contribution in [-0.2, 0) is 23.1 Å². The molecule has 0 radical (unpaired) electrons. The van der Waals surface area contributed by atoms with Crippen LogP contribution in [0, 0.1) is 6.92 Å². The van der Waals surface area contributed by atoms with Gasteiger partial charge in [-0.05, 0) is 37.1 Å². The van der Waals surface area contributed by atoms with Crippen LogP contribution in [0.1, 0.15) is 22.9 Å². The first-order valence-corrected chi connectivity index (χ1v) is 11.1. The van der Waals surface area contributed by atoms with Crippen molar-refractivity contribution in [1.82, 2.24) is 14.5 Å². The Morgan fingerprint density at radius 2 is 1.85 bits per heavy atom. The Labute approximate surface area is 166 Å². The molecule has 0 fully saturated rings. The molecule has 0 saturated heterocycles. The lowest BCUT2D eigenvalue weighted by atomic mass is 10.1. The van der Waals surface area contributed by atoms with Crippen LogP contribution in [0.2, 0.25) is 0 Å². The van der Waals surface area contributed by atoms with E-state index in [1.54, 1.807) is 6.07 Å². The lowest BCUT2D eigenvalue weighted by Gasteiger charge is -2.23. The molecule has 2 aromatic rings. The predicted octanol–water partition coefficient (Wildman–Crippen LogP) is 2.90. The maximum absolute atomic E-state index is 12.2. The quantitative estimate of drug-likeness (QED) is 0.565. The first kappa shape index (κ1) is 21.4. The molecule has 0 unspecified atom stereocenters. The molecule has 27 heavy (non-hydrogen) atoms.